The van der Waals surface area contributed by atoms with Crippen LogP contribution in [0.25, 0.3) is 0 Å². The molecule has 1 atom stereocenters. The summed E-state index contributed by atoms with van der Waals surface area (Å²) < 4.78 is 49.5. The van der Waals surface area contributed by atoms with Crippen LogP contribution in [-0.4, -0.2) is 14.7 Å². The molecule has 0 fully saturated rings. The lowest BCUT2D eigenvalue weighted by Gasteiger charge is -2.14. The highest BCUT2D eigenvalue weighted by Gasteiger charge is 2.16. The number of benzene rings is 2. The SMILES string of the molecule is CS(=O)(=O)c1cccc(C(N)c2ccc(F)cc2F)c1.Cl. The van der Waals surface area contributed by atoms with E-state index < -0.39 is 27.5 Å². The zero-order valence-electron chi connectivity index (χ0n) is 11.1. The fourth-order valence-electron chi connectivity index (χ4n) is 1.87. The molecule has 0 heterocycles. The molecule has 7 heteroatoms. The standard InChI is InChI=1S/C14H13F2NO2S.ClH/c1-20(18,19)11-4-2-3-9(7-11)14(17)12-6-5-10(15)8-13(12)16;/h2-8,14H,17H2,1H3;1H. The van der Waals surface area contributed by atoms with Crippen LogP contribution in [0.4, 0.5) is 8.78 Å². The molecule has 114 valence electrons. The van der Waals surface area contributed by atoms with E-state index in [-0.39, 0.29) is 22.9 Å². The molecule has 0 bridgehead atoms. The smallest absolute Gasteiger partial charge is 0.175 e. The molecule has 0 aliphatic carbocycles. The average molecular weight is 334 g/mol. The van der Waals surface area contributed by atoms with Crippen molar-refractivity contribution in [2.24, 2.45) is 5.73 Å². The molecule has 1 unspecified atom stereocenters. The van der Waals surface area contributed by atoms with Gasteiger partial charge in [-0.3, -0.25) is 0 Å². The summed E-state index contributed by atoms with van der Waals surface area (Å²) in [7, 11) is -3.37. The molecule has 0 radical (unpaired) electrons. The van der Waals surface area contributed by atoms with Gasteiger partial charge in [0.2, 0.25) is 0 Å². The molecule has 0 aliphatic heterocycles. The third-order valence-electron chi connectivity index (χ3n) is 2.94. The molecular weight excluding hydrogens is 320 g/mol. The summed E-state index contributed by atoms with van der Waals surface area (Å²) in [4.78, 5) is 0.105. The van der Waals surface area contributed by atoms with Gasteiger partial charge in [-0.2, -0.15) is 0 Å². The van der Waals surface area contributed by atoms with Gasteiger partial charge < -0.3 is 5.73 Å². The van der Waals surface area contributed by atoms with E-state index in [4.69, 9.17) is 5.73 Å². The minimum Gasteiger partial charge on any atom is -0.320 e. The summed E-state index contributed by atoms with van der Waals surface area (Å²) in [5.41, 5.74) is 6.47. The molecule has 2 aromatic rings. The zero-order chi connectivity index (χ0) is 14.9. The third-order valence-corrected chi connectivity index (χ3v) is 4.05. The maximum atomic E-state index is 13.7. The predicted octanol–water partition coefficient (Wildman–Crippen LogP) is 2.84. The van der Waals surface area contributed by atoms with Crippen LogP contribution < -0.4 is 5.73 Å². The molecule has 2 N–H and O–H groups in total. The normalized spacial score (nSPS) is 12.6. The Kier molecular flexibility index (Phi) is 5.44. The Balaban J connectivity index is 0.00000220. The van der Waals surface area contributed by atoms with Crippen molar-refractivity contribution in [1.29, 1.82) is 0 Å². The van der Waals surface area contributed by atoms with Gasteiger partial charge in [-0.15, -0.1) is 12.4 Å². The Morgan fingerprint density at radius 2 is 1.76 bits per heavy atom. The lowest BCUT2D eigenvalue weighted by molar-refractivity contribution is 0.566. The molecule has 0 aliphatic rings. The lowest BCUT2D eigenvalue weighted by atomic mass is 9.99. The second-order valence-corrected chi connectivity index (χ2v) is 6.50. The molecule has 0 saturated heterocycles. The van der Waals surface area contributed by atoms with E-state index >= 15 is 0 Å². The maximum absolute atomic E-state index is 13.7. The van der Waals surface area contributed by atoms with E-state index in [1.165, 1.54) is 24.3 Å². The Hall–Kier alpha value is -1.50. The number of hydrogen-bond acceptors (Lipinski definition) is 3. The average Bonchev–Trinajstić information content (AvgIpc) is 2.37. The molecule has 0 aromatic heterocycles. The first-order chi connectivity index (χ1) is 9.29. The topological polar surface area (TPSA) is 60.2 Å². The van der Waals surface area contributed by atoms with Crippen molar-refractivity contribution in [3.63, 3.8) is 0 Å². The number of halogens is 3. The quantitative estimate of drug-likeness (QED) is 0.939. The molecule has 2 aromatic carbocycles. The predicted molar refractivity (Wildman–Crippen MR) is 79.2 cm³/mol. The van der Waals surface area contributed by atoms with E-state index in [0.717, 1.165) is 18.4 Å². The fourth-order valence-corrected chi connectivity index (χ4v) is 2.55. The molecular formula is C14H14ClF2NO2S. The van der Waals surface area contributed by atoms with Crippen molar-refractivity contribution in [1.82, 2.24) is 0 Å². The van der Waals surface area contributed by atoms with Crippen LogP contribution in [0, 0.1) is 11.6 Å². The van der Waals surface area contributed by atoms with E-state index in [1.807, 2.05) is 0 Å². The van der Waals surface area contributed by atoms with Crippen molar-refractivity contribution in [3.8, 4) is 0 Å². The second kappa shape index (κ2) is 6.51. The number of hydrogen-bond donors (Lipinski definition) is 1. The summed E-state index contributed by atoms with van der Waals surface area (Å²) in [6, 6.07) is 8.21. The molecule has 2 rings (SSSR count). The van der Waals surface area contributed by atoms with E-state index in [1.54, 1.807) is 6.07 Å². The highest BCUT2D eigenvalue weighted by Crippen LogP contribution is 2.24. The maximum Gasteiger partial charge on any atom is 0.175 e. The first-order valence-corrected chi connectivity index (χ1v) is 7.69. The molecule has 21 heavy (non-hydrogen) atoms. The van der Waals surface area contributed by atoms with Crippen LogP contribution in [0.1, 0.15) is 17.2 Å². The van der Waals surface area contributed by atoms with Gasteiger partial charge in [0.1, 0.15) is 11.6 Å². The monoisotopic (exact) mass is 333 g/mol. The minimum atomic E-state index is -3.37. The van der Waals surface area contributed by atoms with E-state index in [0.29, 0.717) is 5.56 Å². The van der Waals surface area contributed by atoms with Crippen LogP contribution in [0.15, 0.2) is 47.4 Å². The van der Waals surface area contributed by atoms with E-state index in [9.17, 15) is 17.2 Å². The summed E-state index contributed by atoms with van der Waals surface area (Å²) in [6.07, 6.45) is 1.08. The van der Waals surface area contributed by atoms with Crippen LogP contribution in [0.5, 0.6) is 0 Å². The van der Waals surface area contributed by atoms with Gasteiger partial charge in [-0.05, 0) is 23.8 Å². The fraction of sp³-hybridized carbons (Fsp3) is 0.143. The zero-order valence-corrected chi connectivity index (χ0v) is 12.7. The highest BCUT2D eigenvalue weighted by molar-refractivity contribution is 7.90. The van der Waals surface area contributed by atoms with Crippen molar-refractivity contribution in [2.75, 3.05) is 6.26 Å². The summed E-state index contributed by atoms with van der Waals surface area (Å²) >= 11 is 0. The van der Waals surface area contributed by atoms with Gasteiger partial charge in [0.25, 0.3) is 0 Å². The second-order valence-electron chi connectivity index (χ2n) is 4.49. The van der Waals surface area contributed by atoms with Gasteiger partial charge in [-0.25, -0.2) is 17.2 Å². The van der Waals surface area contributed by atoms with Gasteiger partial charge in [-0.1, -0.05) is 18.2 Å². The third kappa shape index (κ3) is 4.00. The van der Waals surface area contributed by atoms with Crippen molar-refractivity contribution < 1.29 is 17.2 Å². The largest absolute Gasteiger partial charge is 0.320 e. The van der Waals surface area contributed by atoms with Crippen LogP contribution in [0.3, 0.4) is 0 Å². The number of sulfone groups is 1. The molecule has 0 spiro atoms. The lowest BCUT2D eigenvalue weighted by Crippen LogP contribution is -2.14. The highest BCUT2D eigenvalue weighted by atomic mass is 35.5. The Morgan fingerprint density at radius 3 is 2.33 bits per heavy atom. The minimum absolute atomic E-state index is 0. The summed E-state index contributed by atoms with van der Waals surface area (Å²) in [6.45, 7) is 0. The van der Waals surface area contributed by atoms with Crippen molar-refractivity contribution in [3.05, 3.63) is 65.2 Å². The van der Waals surface area contributed by atoms with Gasteiger partial charge in [0.05, 0.1) is 10.9 Å². The van der Waals surface area contributed by atoms with Crippen LogP contribution >= 0.6 is 12.4 Å². The van der Waals surface area contributed by atoms with Crippen molar-refractivity contribution >= 4 is 22.2 Å². The van der Waals surface area contributed by atoms with E-state index in [2.05, 4.69) is 0 Å². The van der Waals surface area contributed by atoms with Gasteiger partial charge >= 0.3 is 0 Å². The first kappa shape index (κ1) is 17.6. The number of nitrogens with two attached hydrogens (primary N) is 1. The van der Waals surface area contributed by atoms with Crippen molar-refractivity contribution in [2.45, 2.75) is 10.9 Å². The summed E-state index contributed by atoms with van der Waals surface area (Å²) in [5, 5.41) is 0. The summed E-state index contributed by atoms with van der Waals surface area (Å²) in [5.74, 6) is -1.45. The Morgan fingerprint density at radius 1 is 1.10 bits per heavy atom. The number of rotatable bonds is 3. The molecule has 0 saturated carbocycles. The molecule has 0 amide bonds. The van der Waals surface area contributed by atoms with Crippen LogP contribution in [0.2, 0.25) is 0 Å². The van der Waals surface area contributed by atoms with Gasteiger partial charge in [0.15, 0.2) is 9.84 Å². The van der Waals surface area contributed by atoms with Crippen LogP contribution in [-0.2, 0) is 9.84 Å². The first-order valence-electron chi connectivity index (χ1n) is 5.79. The molecule has 3 nitrogen and oxygen atoms in total. The Labute approximate surface area is 128 Å². The van der Waals surface area contributed by atoms with Gasteiger partial charge in [0, 0.05) is 17.9 Å². The Bertz CT molecular complexity index is 750.